The second-order valence-corrected chi connectivity index (χ2v) is 9.88. The van der Waals surface area contributed by atoms with Crippen LogP contribution in [0, 0.1) is 0 Å². The fraction of sp³-hybridized carbons (Fsp3) is 0.241. The molecule has 8 heteroatoms. The minimum atomic E-state index is 0.177. The number of benzene rings is 2. The van der Waals surface area contributed by atoms with E-state index in [4.69, 9.17) is 4.98 Å². The first-order valence-corrected chi connectivity index (χ1v) is 12.9. The van der Waals surface area contributed by atoms with Crippen LogP contribution in [-0.2, 0) is 17.8 Å². The number of nitrogens with zero attached hydrogens (tertiary/aromatic N) is 5. The zero-order chi connectivity index (χ0) is 25.2. The van der Waals surface area contributed by atoms with Gasteiger partial charge in [0.2, 0.25) is 5.91 Å². The lowest BCUT2D eigenvalue weighted by Crippen LogP contribution is -2.40. The highest BCUT2D eigenvalue weighted by atomic mass is 16.2. The Hall–Kier alpha value is -4.20. The number of piperidine rings is 1. The summed E-state index contributed by atoms with van der Waals surface area (Å²) < 4.78 is 1.86. The highest BCUT2D eigenvalue weighted by molar-refractivity contribution is 6.36. The Labute approximate surface area is 217 Å². The van der Waals surface area contributed by atoms with Gasteiger partial charge in [-0.25, -0.2) is 4.98 Å². The molecule has 1 amide bonds. The van der Waals surface area contributed by atoms with Crippen molar-refractivity contribution in [3.8, 4) is 0 Å². The normalized spacial score (nSPS) is 15.8. The van der Waals surface area contributed by atoms with Gasteiger partial charge in [-0.2, -0.15) is 9.61 Å². The molecule has 1 N–H and O–H groups in total. The van der Waals surface area contributed by atoms with E-state index >= 15 is 0 Å². The molecule has 5 aromatic rings. The molecule has 4 heterocycles. The number of pyridine rings is 1. The molecule has 0 aliphatic carbocycles. The van der Waals surface area contributed by atoms with Gasteiger partial charge in [-0.1, -0.05) is 48.5 Å². The average molecular weight is 488 g/mol. The molecule has 1 unspecified atom stereocenters. The quantitative estimate of drug-likeness (QED) is 0.372. The lowest BCUT2D eigenvalue weighted by atomic mass is 9.93. The van der Waals surface area contributed by atoms with Crippen LogP contribution in [-0.4, -0.2) is 51.3 Å². The first-order chi connectivity index (χ1) is 18.1. The summed E-state index contributed by atoms with van der Waals surface area (Å²) in [5.41, 5.74) is 5.05. The first kappa shape index (κ1) is 23.2. The van der Waals surface area contributed by atoms with E-state index in [2.05, 4.69) is 51.8 Å². The Morgan fingerprint density at radius 1 is 1.03 bits per heavy atom. The van der Waals surface area contributed by atoms with E-state index in [-0.39, 0.29) is 11.8 Å². The molecule has 3 aromatic heterocycles. The number of nitrogens with one attached hydrogen (secondary N) is 1. The van der Waals surface area contributed by atoms with E-state index in [0.29, 0.717) is 19.5 Å². The smallest absolute Gasteiger partial charge is 0.227 e. The van der Waals surface area contributed by atoms with Crippen molar-refractivity contribution in [3.05, 3.63) is 96.1 Å². The summed E-state index contributed by atoms with van der Waals surface area (Å²) in [7, 11) is 2.03. The van der Waals surface area contributed by atoms with Crippen molar-refractivity contribution in [2.24, 2.45) is 0 Å². The number of likely N-dealkylation sites (tertiary alicyclic amines) is 1. The van der Waals surface area contributed by atoms with Gasteiger partial charge in [0.25, 0.3) is 0 Å². The molecule has 1 saturated heterocycles. The van der Waals surface area contributed by atoms with Crippen molar-refractivity contribution >= 4 is 41.5 Å². The molecule has 37 heavy (non-hydrogen) atoms. The Balaban J connectivity index is 1.21. The number of hydrogen-bond donors (Lipinski definition) is 1. The van der Waals surface area contributed by atoms with Crippen LogP contribution >= 0.6 is 0 Å². The minimum absolute atomic E-state index is 0.177. The monoisotopic (exact) mass is 488 g/mol. The largest absolute Gasteiger partial charge is 0.366 e. The highest BCUT2D eigenvalue weighted by Crippen LogP contribution is 2.28. The van der Waals surface area contributed by atoms with Gasteiger partial charge in [-0.05, 0) is 46.3 Å². The van der Waals surface area contributed by atoms with Crippen molar-refractivity contribution in [1.82, 2.24) is 24.5 Å². The molecule has 1 fully saturated rings. The molecular weight excluding hydrogens is 459 g/mol. The van der Waals surface area contributed by atoms with Crippen molar-refractivity contribution in [2.75, 3.05) is 18.4 Å². The third-order valence-electron chi connectivity index (χ3n) is 7.23. The molecule has 6 rings (SSSR count). The van der Waals surface area contributed by atoms with Gasteiger partial charge in [0.1, 0.15) is 13.7 Å². The lowest BCUT2D eigenvalue weighted by molar-refractivity contribution is -0.131. The fourth-order valence-corrected chi connectivity index (χ4v) is 5.20. The summed E-state index contributed by atoms with van der Waals surface area (Å²) in [4.78, 5) is 24.5. The highest BCUT2D eigenvalue weighted by Gasteiger charge is 2.27. The van der Waals surface area contributed by atoms with Crippen molar-refractivity contribution < 1.29 is 4.79 Å². The number of hydrogen-bond acceptors (Lipinski definition) is 5. The maximum absolute atomic E-state index is 13.3. The van der Waals surface area contributed by atoms with E-state index in [1.807, 2.05) is 53.9 Å². The van der Waals surface area contributed by atoms with E-state index in [1.165, 1.54) is 10.8 Å². The van der Waals surface area contributed by atoms with Gasteiger partial charge in [0.15, 0.2) is 5.65 Å². The summed E-state index contributed by atoms with van der Waals surface area (Å²) in [6, 6.07) is 20.7. The number of amides is 1. The number of carbonyl (C=O) groups excluding carboxylic acids is 1. The Morgan fingerprint density at radius 3 is 2.78 bits per heavy atom. The minimum Gasteiger partial charge on any atom is -0.366 e. The third-order valence-corrected chi connectivity index (χ3v) is 7.23. The second-order valence-electron chi connectivity index (χ2n) is 9.88. The lowest BCUT2D eigenvalue weighted by Gasteiger charge is -2.33. The van der Waals surface area contributed by atoms with Crippen LogP contribution in [0.5, 0.6) is 0 Å². The molecule has 0 bridgehead atoms. The Morgan fingerprint density at radius 2 is 1.92 bits per heavy atom. The van der Waals surface area contributed by atoms with Gasteiger partial charge >= 0.3 is 0 Å². The van der Waals surface area contributed by atoms with Crippen LogP contribution < -0.4 is 10.8 Å². The van der Waals surface area contributed by atoms with Gasteiger partial charge in [-0.3, -0.25) is 9.78 Å². The molecule has 2 aromatic carbocycles. The molecule has 1 aliphatic heterocycles. The number of rotatable bonds is 6. The molecule has 0 radical (unpaired) electrons. The standard InChI is InChI=1S/C29H29BN6O/c30-25-18-33-36-27(32-17-21-5-3-11-31-16-21)15-26(34-29(25)36)24-8-4-12-35(19-24)28(37)14-20-9-10-22-6-1-2-7-23(22)13-20/h1-3,5-7,9-11,13,15-16,18,24,32H,4,8,12,14,17,19,30H2. The van der Waals surface area contributed by atoms with E-state index in [1.54, 1.807) is 6.20 Å². The van der Waals surface area contributed by atoms with Crippen molar-refractivity contribution in [3.63, 3.8) is 0 Å². The maximum Gasteiger partial charge on any atom is 0.227 e. The van der Waals surface area contributed by atoms with Crippen LogP contribution in [0.25, 0.3) is 16.4 Å². The van der Waals surface area contributed by atoms with E-state index in [0.717, 1.165) is 53.1 Å². The van der Waals surface area contributed by atoms with Gasteiger partial charge in [-0.15, -0.1) is 0 Å². The molecule has 1 atom stereocenters. The van der Waals surface area contributed by atoms with Gasteiger partial charge in [0, 0.05) is 50.2 Å². The number of fused-ring (bicyclic) bond motifs is 2. The van der Waals surface area contributed by atoms with Crippen LogP contribution in [0.4, 0.5) is 5.82 Å². The van der Waals surface area contributed by atoms with Gasteiger partial charge in [0.05, 0.1) is 12.1 Å². The van der Waals surface area contributed by atoms with E-state index in [9.17, 15) is 4.79 Å². The summed E-state index contributed by atoms with van der Waals surface area (Å²) in [6.45, 7) is 2.13. The topological polar surface area (TPSA) is 75.4 Å². The van der Waals surface area contributed by atoms with Crippen LogP contribution in [0.3, 0.4) is 0 Å². The number of aromatic nitrogens is 4. The summed E-state index contributed by atoms with van der Waals surface area (Å²) in [6.07, 6.45) is 7.89. The zero-order valence-electron chi connectivity index (χ0n) is 21.0. The molecule has 1 aliphatic rings. The Kier molecular flexibility index (Phi) is 6.31. The predicted molar refractivity (Wildman–Crippen MR) is 149 cm³/mol. The number of anilines is 1. The molecular formula is C29H29BN6O. The van der Waals surface area contributed by atoms with Crippen molar-refractivity contribution in [2.45, 2.75) is 31.7 Å². The van der Waals surface area contributed by atoms with Crippen molar-refractivity contribution in [1.29, 1.82) is 0 Å². The average Bonchev–Trinajstić information content (AvgIpc) is 3.33. The van der Waals surface area contributed by atoms with E-state index < -0.39 is 0 Å². The third kappa shape index (κ3) is 4.92. The molecule has 0 spiro atoms. The number of carbonyl (C=O) groups is 1. The van der Waals surface area contributed by atoms with Crippen LogP contribution in [0.15, 0.2) is 79.3 Å². The predicted octanol–water partition coefficient (Wildman–Crippen LogP) is 3.10. The molecule has 7 nitrogen and oxygen atoms in total. The van der Waals surface area contributed by atoms with Crippen LogP contribution in [0.1, 0.15) is 35.6 Å². The fourth-order valence-electron chi connectivity index (χ4n) is 5.20. The Bertz CT molecular complexity index is 1570. The summed E-state index contributed by atoms with van der Waals surface area (Å²) in [5.74, 6) is 1.26. The summed E-state index contributed by atoms with van der Waals surface area (Å²) >= 11 is 0. The maximum atomic E-state index is 13.3. The van der Waals surface area contributed by atoms with Gasteiger partial charge < -0.3 is 10.2 Å². The molecule has 184 valence electrons. The molecule has 0 saturated carbocycles. The first-order valence-electron chi connectivity index (χ1n) is 12.9. The second kappa shape index (κ2) is 10.0. The van der Waals surface area contributed by atoms with Crippen LogP contribution in [0.2, 0.25) is 0 Å². The SMILES string of the molecule is Bc1cnn2c(NCc3cccnc3)cc(C3CCCN(C(=O)Cc4ccc5ccccc5c4)C3)nc12. The zero-order valence-corrected chi connectivity index (χ0v) is 21.0. The summed E-state index contributed by atoms with van der Waals surface area (Å²) in [5, 5.41) is 10.4.